The van der Waals surface area contributed by atoms with E-state index in [1.165, 1.54) is 0 Å². The van der Waals surface area contributed by atoms with Gasteiger partial charge in [-0.25, -0.2) is 0 Å². The second kappa shape index (κ2) is 5.95. The van der Waals surface area contributed by atoms with Gasteiger partial charge in [0.2, 0.25) is 5.91 Å². The Morgan fingerprint density at radius 1 is 1.25 bits per heavy atom. The number of hydrogen-bond donors (Lipinski definition) is 2. The molecule has 0 atom stereocenters. The highest BCUT2D eigenvalue weighted by atomic mass is 16.3. The number of aromatic hydroxyl groups is 1. The maximum atomic E-state index is 11.9. The molecule has 0 fully saturated rings. The number of nitrogens with one attached hydrogen (secondary N) is 1. The molecule has 0 heterocycles. The molecule has 0 aliphatic carbocycles. The molecule has 0 saturated carbocycles. The Morgan fingerprint density at radius 3 is 2.70 bits per heavy atom. The van der Waals surface area contributed by atoms with Crippen molar-refractivity contribution in [3.8, 4) is 5.75 Å². The molecule has 2 aromatic rings. The molecule has 0 aliphatic rings. The molecule has 2 aromatic carbocycles. The van der Waals surface area contributed by atoms with Gasteiger partial charge in [0.25, 0.3) is 0 Å². The van der Waals surface area contributed by atoms with Crippen LogP contribution in [0.25, 0.3) is 10.8 Å². The number of rotatable bonds is 4. The molecular formula is C17H21NO2. The summed E-state index contributed by atoms with van der Waals surface area (Å²) in [5.74, 6) is 0.314. The monoisotopic (exact) mass is 271 g/mol. The predicted octanol–water partition coefficient (Wildman–Crippen LogP) is 4.29. The number of benzene rings is 2. The number of phenols is 1. The topological polar surface area (TPSA) is 49.3 Å². The van der Waals surface area contributed by atoms with Crippen LogP contribution in [0.5, 0.6) is 5.75 Å². The number of aryl methyl sites for hydroxylation is 2. The molecule has 2 rings (SSSR count). The van der Waals surface area contributed by atoms with Gasteiger partial charge in [0.05, 0.1) is 0 Å². The van der Waals surface area contributed by atoms with Crippen LogP contribution in [-0.2, 0) is 4.79 Å². The van der Waals surface area contributed by atoms with Crippen LogP contribution < -0.4 is 5.32 Å². The number of anilines is 1. The molecule has 0 saturated heterocycles. The van der Waals surface area contributed by atoms with E-state index in [0.717, 1.165) is 40.4 Å². The third-order valence-corrected chi connectivity index (χ3v) is 3.55. The zero-order valence-electron chi connectivity index (χ0n) is 12.3. The maximum absolute atomic E-state index is 11.9. The standard InChI is InChI=1S/C17H21NO2/c1-4-5-9-15(19)18-14-8-6-7-13-16(14)11(2)10-12(3)17(13)20/h6-8,10,20H,4-5,9H2,1-3H3,(H,18,19). The molecule has 0 radical (unpaired) electrons. The van der Waals surface area contributed by atoms with Crippen LogP contribution in [0.15, 0.2) is 24.3 Å². The van der Waals surface area contributed by atoms with Gasteiger partial charge in [0, 0.05) is 22.9 Å². The summed E-state index contributed by atoms with van der Waals surface area (Å²) in [4.78, 5) is 11.9. The minimum Gasteiger partial charge on any atom is -0.507 e. The average molecular weight is 271 g/mol. The summed E-state index contributed by atoms with van der Waals surface area (Å²) in [6, 6.07) is 7.57. The van der Waals surface area contributed by atoms with Crippen molar-refractivity contribution in [1.29, 1.82) is 0 Å². The minimum atomic E-state index is 0.0267. The van der Waals surface area contributed by atoms with Crippen LogP contribution in [-0.4, -0.2) is 11.0 Å². The molecule has 0 aliphatic heterocycles. The van der Waals surface area contributed by atoms with E-state index in [2.05, 4.69) is 12.2 Å². The molecule has 0 bridgehead atoms. The average Bonchev–Trinajstić information content (AvgIpc) is 2.42. The van der Waals surface area contributed by atoms with Gasteiger partial charge < -0.3 is 10.4 Å². The van der Waals surface area contributed by atoms with Crippen molar-refractivity contribution in [2.45, 2.75) is 40.0 Å². The highest BCUT2D eigenvalue weighted by Crippen LogP contribution is 2.35. The van der Waals surface area contributed by atoms with Crippen LogP contribution in [0.2, 0.25) is 0 Å². The van der Waals surface area contributed by atoms with Gasteiger partial charge in [-0.3, -0.25) is 4.79 Å². The van der Waals surface area contributed by atoms with Crippen LogP contribution in [0, 0.1) is 13.8 Å². The number of fused-ring (bicyclic) bond motifs is 1. The minimum absolute atomic E-state index is 0.0267. The number of unbranched alkanes of at least 4 members (excludes halogenated alkanes) is 1. The number of carbonyl (C=O) groups is 1. The third kappa shape index (κ3) is 2.77. The lowest BCUT2D eigenvalue weighted by atomic mass is 9.99. The molecule has 3 nitrogen and oxygen atoms in total. The fourth-order valence-corrected chi connectivity index (χ4v) is 2.51. The first kappa shape index (κ1) is 14.4. The summed E-state index contributed by atoms with van der Waals surface area (Å²) in [7, 11) is 0. The summed E-state index contributed by atoms with van der Waals surface area (Å²) in [5.41, 5.74) is 2.68. The Balaban J connectivity index is 2.44. The SMILES string of the molecule is CCCCC(=O)Nc1cccc2c(O)c(C)cc(C)c12. The lowest BCUT2D eigenvalue weighted by Crippen LogP contribution is -2.11. The summed E-state index contributed by atoms with van der Waals surface area (Å²) >= 11 is 0. The fraction of sp³-hybridized carbons (Fsp3) is 0.353. The van der Waals surface area contributed by atoms with Crippen LogP contribution in [0.4, 0.5) is 5.69 Å². The second-order valence-electron chi connectivity index (χ2n) is 5.24. The molecule has 0 unspecified atom stereocenters. The number of amides is 1. The molecule has 0 spiro atoms. The highest BCUT2D eigenvalue weighted by Gasteiger charge is 2.11. The normalized spacial score (nSPS) is 10.8. The van der Waals surface area contributed by atoms with Crippen molar-refractivity contribution in [2.24, 2.45) is 0 Å². The zero-order chi connectivity index (χ0) is 14.7. The molecule has 106 valence electrons. The lowest BCUT2D eigenvalue weighted by Gasteiger charge is -2.13. The first-order valence-electron chi connectivity index (χ1n) is 7.06. The van der Waals surface area contributed by atoms with Crippen LogP contribution >= 0.6 is 0 Å². The van der Waals surface area contributed by atoms with Gasteiger partial charge in [-0.1, -0.05) is 31.5 Å². The Hall–Kier alpha value is -2.03. The quantitative estimate of drug-likeness (QED) is 0.871. The molecule has 3 heteroatoms. The third-order valence-electron chi connectivity index (χ3n) is 3.55. The largest absolute Gasteiger partial charge is 0.507 e. The molecule has 2 N–H and O–H groups in total. The number of phenolic OH excluding ortho intramolecular Hbond substituents is 1. The summed E-state index contributed by atoms with van der Waals surface area (Å²) in [6.45, 7) is 5.95. The number of carbonyl (C=O) groups excluding carboxylic acids is 1. The van der Waals surface area contributed by atoms with E-state index >= 15 is 0 Å². The van der Waals surface area contributed by atoms with Gasteiger partial charge in [0.1, 0.15) is 5.75 Å². The molecule has 20 heavy (non-hydrogen) atoms. The molecule has 0 aromatic heterocycles. The Kier molecular flexibility index (Phi) is 4.28. The van der Waals surface area contributed by atoms with Crippen molar-refractivity contribution < 1.29 is 9.90 Å². The van der Waals surface area contributed by atoms with E-state index in [4.69, 9.17) is 0 Å². The summed E-state index contributed by atoms with van der Waals surface area (Å²) in [6.07, 6.45) is 2.42. The summed E-state index contributed by atoms with van der Waals surface area (Å²) in [5, 5.41) is 14.8. The second-order valence-corrected chi connectivity index (χ2v) is 5.24. The van der Waals surface area contributed by atoms with E-state index in [-0.39, 0.29) is 11.7 Å². The summed E-state index contributed by atoms with van der Waals surface area (Å²) < 4.78 is 0. The van der Waals surface area contributed by atoms with Crippen molar-refractivity contribution >= 4 is 22.4 Å². The van der Waals surface area contributed by atoms with Gasteiger partial charge in [-0.2, -0.15) is 0 Å². The smallest absolute Gasteiger partial charge is 0.224 e. The van der Waals surface area contributed by atoms with E-state index < -0.39 is 0 Å². The van der Waals surface area contributed by atoms with Crippen molar-refractivity contribution in [2.75, 3.05) is 5.32 Å². The predicted molar refractivity (Wildman–Crippen MR) is 83.2 cm³/mol. The Labute approximate surface area is 119 Å². The first-order valence-corrected chi connectivity index (χ1v) is 7.06. The fourth-order valence-electron chi connectivity index (χ4n) is 2.51. The highest BCUT2D eigenvalue weighted by molar-refractivity contribution is 6.05. The van der Waals surface area contributed by atoms with Gasteiger partial charge >= 0.3 is 0 Å². The first-order chi connectivity index (χ1) is 9.54. The van der Waals surface area contributed by atoms with E-state index in [1.54, 1.807) is 0 Å². The van der Waals surface area contributed by atoms with Gasteiger partial charge in [-0.05, 0) is 37.5 Å². The van der Waals surface area contributed by atoms with Crippen molar-refractivity contribution in [3.05, 3.63) is 35.4 Å². The van der Waals surface area contributed by atoms with Gasteiger partial charge in [0.15, 0.2) is 0 Å². The molecular weight excluding hydrogens is 250 g/mol. The van der Waals surface area contributed by atoms with Gasteiger partial charge in [-0.15, -0.1) is 0 Å². The number of hydrogen-bond acceptors (Lipinski definition) is 2. The lowest BCUT2D eigenvalue weighted by molar-refractivity contribution is -0.116. The van der Waals surface area contributed by atoms with Crippen molar-refractivity contribution in [3.63, 3.8) is 0 Å². The Morgan fingerprint density at radius 2 is 2.00 bits per heavy atom. The zero-order valence-corrected chi connectivity index (χ0v) is 12.3. The Bertz CT molecular complexity index is 647. The van der Waals surface area contributed by atoms with E-state index in [9.17, 15) is 9.90 Å². The van der Waals surface area contributed by atoms with Crippen molar-refractivity contribution in [1.82, 2.24) is 0 Å². The maximum Gasteiger partial charge on any atom is 0.224 e. The van der Waals surface area contributed by atoms with E-state index in [0.29, 0.717) is 6.42 Å². The van der Waals surface area contributed by atoms with E-state index in [1.807, 2.05) is 38.1 Å². The van der Waals surface area contributed by atoms with Crippen LogP contribution in [0.1, 0.15) is 37.3 Å². The van der Waals surface area contributed by atoms with Crippen LogP contribution in [0.3, 0.4) is 0 Å². The molecule has 1 amide bonds.